The second-order valence-corrected chi connectivity index (χ2v) is 2.30. The lowest BCUT2D eigenvalue weighted by Gasteiger charge is -1.83. The SMILES string of the molecule is CC/C=C\C(Cl)=C/CCl. The Hall–Kier alpha value is 0.0600. The van der Waals surface area contributed by atoms with Crippen molar-refractivity contribution in [3.8, 4) is 0 Å². The highest BCUT2D eigenvalue weighted by Crippen LogP contribution is 2.03. The molecule has 0 aromatic carbocycles. The third-order valence-electron chi connectivity index (χ3n) is 0.785. The molecule has 2 heteroatoms. The molecule has 0 aromatic rings. The van der Waals surface area contributed by atoms with Crippen molar-refractivity contribution in [2.75, 3.05) is 5.88 Å². The molecule has 9 heavy (non-hydrogen) atoms. The van der Waals surface area contributed by atoms with Gasteiger partial charge in [-0.25, -0.2) is 0 Å². The van der Waals surface area contributed by atoms with E-state index in [1.165, 1.54) is 0 Å². The van der Waals surface area contributed by atoms with Gasteiger partial charge in [0.05, 0.1) is 0 Å². The number of allylic oxidation sites excluding steroid dienone is 4. The highest BCUT2D eigenvalue weighted by Gasteiger charge is 1.79. The number of hydrogen-bond acceptors (Lipinski definition) is 0. The lowest BCUT2D eigenvalue weighted by molar-refractivity contribution is 1.22. The summed E-state index contributed by atoms with van der Waals surface area (Å²) in [6.45, 7) is 2.06. The van der Waals surface area contributed by atoms with Gasteiger partial charge in [0.2, 0.25) is 0 Å². The summed E-state index contributed by atoms with van der Waals surface area (Å²) in [6, 6.07) is 0. The highest BCUT2D eigenvalue weighted by molar-refractivity contribution is 6.31. The van der Waals surface area contributed by atoms with E-state index in [1.807, 2.05) is 12.2 Å². The van der Waals surface area contributed by atoms with Crippen molar-refractivity contribution in [1.82, 2.24) is 0 Å². The summed E-state index contributed by atoms with van der Waals surface area (Å²) in [5.41, 5.74) is 0. The molecule has 0 nitrogen and oxygen atoms in total. The van der Waals surface area contributed by atoms with Gasteiger partial charge in [-0.1, -0.05) is 30.7 Å². The van der Waals surface area contributed by atoms with Crippen molar-refractivity contribution in [2.45, 2.75) is 13.3 Å². The summed E-state index contributed by atoms with van der Waals surface area (Å²) in [7, 11) is 0. The molecule has 0 rings (SSSR count). The largest absolute Gasteiger partial charge is 0.122 e. The van der Waals surface area contributed by atoms with E-state index in [4.69, 9.17) is 23.2 Å². The zero-order valence-electron chi connectivity index (χ0n) is 5.40. The van der Waals surface area contributed by atoms with E-state index in [9.17, 15) is 0 Å². The van der Waals surface area contributed by atoms with Crippen LogP contribution in [0.15, 0.2) is 23.3 Å². The fourth-order valence-corrected chi connectivity index (χ4v) is 0.784. The van der Waals surface area contributed by atoms with Gasteiger partial charge >= 0.3 is 0 Å². The molecule has 0 radical (unpaired) electrons. The summed E-state index contributed by atoms with van der Waals surface area (Å²) in [5, 5.41) is 0.715. The predicted octanol–water partition coefficient (Wildman–Crippen LogP) is 3.31. The van der Waals surface area contributed by atoms with Crippen molar-refractivity contribution < 1.29 is 0 Å². The van der Waals surface area contributed by atoms with Crippen LogP contribution in [0.4, 0.5) is 0 Å². The van der Waals surface area contributed by atoms with E-state index in [0.29, 0.717) is 10.9 Å². The van der Waals surface area contributed by atoms with Gasteiger partial charge in [-0.3, -0.25) is 0 Å². The Labute approximate surface area is 66.2 Å². The standard InChI is InChI=1S/C7H10Cl2/c1-2-3-4-7(9)5-6-8/h3-5H,2,6H2,1H3/b4-3-,7-5+. The van der Waals surface area contributed by atoms with Gasteiger partial charge in [0.25, 0.3) is 0 Å². The van der Waals surface area contributed by atoms with Crippen molar-refractivity contribution in [3.63, 3.8) is 0 Å². The Morgan fingerprint density at radius 2 is 2.22 bits per heavy atom. The summed E-state index contributed by atoms with van der Waals surface area (Å²) < 4.78 is 0. The molecule has 0 bridgehead atoms. The van der Waals surface area contributed by atoms with Crippen LogP contribution in [-0.4, -0.2) is 5.88 Å². The molecule has 0 spiro atoms. The smallest absolute Gasteiger partial charge is 0.0421 e. The van der Waals surface area contributed by atoms with E-state index < -0.39 is 0 Å². The average Bonchev–Trinajstić information content (AvgIpc) is 1.85. The molecule has 0 saturated carbocycles. The van der Waals surface area contributed by atoms with Crippen LogP contribution in [0.5, 0.6) is 0 Å². The molecule has 0 atom stereocenters. The first-order valence-corrected chi connectivity index (χ1v) is 3.80. The molecule has 0 saturated heterocycles. The molecule has 0 fully saturated rings. The lowest BCUT2D eigenvalue weighted by Crippen LogP contribution is -1.65. The van der Waals surface area contributed by atoms with E-state index in [-0.39, 0.29) is 0 Å². The summed E-state index contributed by atoms with van der Waals surface area (Å²) >= 11 is 11.0. The van der Waals surface area contributed by atoms with E-state index >= 15 is 0 Å². The molecular weight excluding hydrogens is 155 g/mol. The summed E-state index contributed by atoms with van der Waals surface area (Å²) in [4.78, 5) is 0. The Bertz CT molecular complexity index is 114. The fraction of sp³-hybridized carbons (Fsp3) is 0.429. The van der Waals surface area contributed by atoms with Crippen LogP contribution >= 0.6 is 23.2 Å². The number of alkyl halides is 1. The predicted molar refractivity (Wildman–Crippen MR) is 44.1 cm³/mol. The number of rotatable bonds is 3. The minimum atomic E-state index is 0.479. The maximum atomic E-state index is 5.65. The van der Waals surface area contributed by atoms with Gasteiger partial charge < -0.3 is 0 Å². The first kappa shape index (κ1) is 9.06. The van der Waals surface area contributed by atoms with E-state index in [0.717, 1.165) is 6.42 Å². The van der Waals surface area contributed by atoms with Crippen LogP contribution in [0.3, 0.4) is 0 Å². The molecule has 0 amide bonds. The zero-order valence-corrected chi connectivity index (χ0v) is 6.91. The van der Waals surface area contributed by atoms with Crippen molar-refractivity contribution in [3.05, 3.63) is 23.3 Å². The van der Waals surface area contributed by atoms with Crippen molar-refractivity contribution in [1.29, 1.82) is 0 Å². The minimum absolute atomic E-state index is 0.479. The Kier molecular flexibility index (Phi) is 6.23. The first-order chi connectivity index (χ1) is 4.31. The Morgan fingerprint density at radius 3 is 2.67 bits per heavy atom. The molecule has 0 unspecified atom stereocenters. The average molecular weight is 165 g/mol. The topological polar surface area (TPSA) is 0 Å². The number of halogens is 2. The van der Waals surface area contributed by atoms with Gasteiger partial charge in [-0.2, -0.15) is 0 Å². The molecule has 52 valence electrons. The maximum absolute atomic E-state index is 5.65. The normalized spacial score (nSPS) is 13.0. The quantitative estimate of drug-likeness (QED) is 0.444. The molecule has 0 N–H and O–H groups in total. The molecular formula is C7H10Cl2. The maximum Gasteiger partial charge on any atom is 0.0421 e. The molecule has 0 aromatic heterocycles. The zero-order chi connectivity index (χ0) is 7.11. The van der Waals surface area contributed by atoms with Crippen LogP contribution in [0, 0.1) is 0 Å². The van der Waals surface area contributed by atoms with Crippen LogP contribution in [0.25, 0.3) is 0 Å². The Balaban J connectivity index is 3.60. The van der Waals surface area contributed by atoms with Crippen molar-refractivity contribution in [2.24, 2.45) is 0 Å². The van der Waals surface area contributed by atoms with E-state index in [1.54, 1.807) is 6.08 Å². The van der Waals surface area contributed by atoms with Crippen LogP contribution in [-0.2, 0) is 0 Å². The molecule has 0 heterocycles. The molecule has 0 aliphatic carbocycles. The van der Waals surface area contributed by atoms with Gasteiger partial charge in [0.1, 0.15) is 0 Å². The van der Waals surface area contributed by atoms with Crippen molar-refractivity contribution >= 4 is 23.2 Å². The van der Waals surface area contributed by atoms with Gasteiger partial charge in [0.15, 0.2) is 0 Å². The van der Waals surface area contributed by atoms with Crippen LogP contribution in [0.2, 0.25) is 0 Å². The lowest BCUT2D eigenvalue weighted by atomic mass is 10.4. The van der Waals surface area contributed by atoms with Gasteiger partial charge in [0, 0.05) is 10.9 Å². The van der Waals surface area contributed by atoms with Crippen LogP contribution in [0.1, 0.15) is 13.3 Å². The third kappa shape index (κ3) is 5.94. The highest BCUT2D eigenvalue weighted by atomic mass is 35.5. The van der Waals surface area contributed by atoms with E-state index in [2.05, 4.69) is 6.92 Å². The molecule has 0 aliphatic heterocycles. The minimum Gasteiger partial charge on any atom is -0.122 e. The number of hydrogen-bond donors (Lipinski definition) is 0. The second-order valence-electron chi connectivity index (χ2n) is 1.55. The summed E-state index contributed by atoms with van der Waals surface area (Å²) in [5.74, 6) is 0.479. The second kappa shape index (κ2) is 6.18. The fourth-order valence-electron chi connectivity index (χ4n) is 0.372. The van der Waals surface area contributed by atoms with Gasteiger partial charge in [-0.05, 0) is 12.5 Å². The summed E-state index contributed by atoms with van der Waals surface area (Å²) in [6.07, 6.45) is 6.61. The first-order valence-electron chi connectivity index (χ1n) is 2.89. The Morgan fingerprint density at radius 1 is 1.56 bits per heavy atom. The van der Waals surface area contributed by atoms with Crippen LogP contribution < -0.4 is 0 Å². The monoisotopic (exact) mass is 164 g/mol. The van der Waals surface area contributed by atoms with Gasteiger partial charge in [-0.15, -0.1) is 11.6 Å². The third-order valence-corrected chi connectivity index (χ3v) is 1.22. The molecule has 0 aliphatic rings.